The van der Waals surface area contributed by atoms with Crippen molar-refractivity contribution in [3.05, 3.63) is 53.6 Å². The van der Waals surface area contributed by atoms with E-state index in [0.717, 1.165) is 6.08 Å². The minimum absolute atomic E-state index is 0.0279. The molecule has 35 heavy (non-hydrogen) atoms. The van der Waals surface area contributed by atoms with E-state index in [1.54, 1.807) is 12.1 Å². The zero-order chi connectivity index (χ0) is 25.5. The Morgan fingerprint density at radius 2 is 1.71 bits per heavy atom. The summed E-state index contributed by atoms with van der Waals surface area (Å²) in [5.41, 5.74) is 1.22. The van der Waals surface area contributed by atoms with Gasteiger partial charge >= 0.3 is 5.97 Å². The van der Waals surface area contributed by atoms with Crippen LogP contribution < -0.4 is 4.74 Å². The molecular formula is C24H28O11. The predicted molar refractivity (Wildman–Crippen MR) is 121 cm³/mol. The Morgan fingerprint density at radius 3 is 2.43 bits per heavy atom. The van der Waals surface area contributed by atoms with Crippen molar-refractivity contribution in [2.24, 2.45) is 0 Å². The molecule has 11 heteroatoms. The summed E-state index contributed by atoms with van der Waals surface area (Å²) in [6, 6.07) is 8.76. The lowest BCUT2D eigenvalue weighted by atomic mass is 9.99. The Balaban J connectivity index is 1.52. The van der Waals surface area contributed by atoms with Gasteiger partial charge in [-0.05, 0) is 47.9 Å². The molecule has 0 spiro atoms. The smallest absolute Gasteiger partial charge is 0.330 e. The monoisotopic (exact) mass is 492 g/mol. The van der Waals surface area contributed by atoms with E-state index in [9.17, 15) is 35.4 Å². The zero-order valence-electron chi connectivity index (χ0n) is 18.9. The van der Waals surface area contributed by atoms with Crippen LogP contribution in [0.3, 0.4) is 0 Å². The second-order valence-corrected chi connectivity index (χ2v) is 7.85. The zero-order valence-corrected chi connectivity index (χ0v) is 18.9. The quantitative estimate of drug-likeness (QED) is 0.163. The molecule has 190 valence electrons. The lowest BCUT2D eigenvalue weighted by Gasteiger charge is -2.39. The Morgan fingerprint density at radius 1 is 0.971 bits per heavy atom. The Bertz CT molecular complexity index is 1040. The van der Waals surface area contributed by atoms with E-state index in [1.807, 2.05) is 0 Å². The number of phenolic OH excluding ortho intramolecular Hbond substituents is 3. The van der Waals surface area contributed by atoms with Crippen LogP contribution in [-0.4, -0.2) is 87.6 Å². The molecule has 1 saturated heterocycles. The van der Waals surface area contributed by atoms with E-state index in [2.05, 4.69) is 0 Å². The second-order valence-electron chi connectivity index (χ2n) is 7.85. The maximum absolute atomic E-state index is 12.1. The fraction of sp³-hybridized carbons (Fsp3) is 0.375. The first kappa shape index (κ1) is 26.3. The molecule has 2 aromatic rings. The highest BCUT2D eigenvalue weighted by atomic mass is 16.7. The lowest BCUT2D eigenvalue weighted by molar-refractivity contribution is -0.301. The predicted octanol–water partition coefficient (Wildman–Crippen LogP) is 0.435. The highest BCUT2D eigenvalue weighted by molar-refractivity contribution is 5.87. The minimum Gasteiger partial charge on any atom is -0.504 e. The number of ether oxygens (including phenoxy) is 4. The van der Waals surface area contributed by atoms with E-state index >= 15 is 0 Å². The normalized spacial score (nSPS) is 24.4. The van der Waals surface area contributed by atoms with E-state index in [-0.39, 0.29) is 29.6 Å². The Hall–Kier alpha value is -3.35. The molecule has 0 unspecified atom stereocenters. The van der Waals surface area contributed by atoms with Crippen molar-refractivity contribution in [1.82, 2.24) is 0 Å². The maximum Gasteiger partial charge on any atom is 0.330 e. The Kier molecular flexibility index (Phi) is 8.90. The van der Waals surface area contributed by atoms with Crippen molar-refractivity contribution >= 4 is 12.0 Å². The number of benzene rings is 2. The lowest BCUT2D eigenvalue weighted by Crippen LogP contribution is -2.59. The molecular weight excluding hydrogens is 464 g/mol. The first-order valence-electron chi connectivity index (χ1n) is 10.7. The van der Waals surface area contributed by atoms with Crippen LogP contribution in [0.15, 0.2) is 42.5 Å². The molecule has 0 aliphatic carbocycles. The number of rotatable bonds is 9. The highest BCUT2D eigenvalue weighted by Gasteiger charge is 2.44. The standard InChI is InChI=1S/C24H28O11/c1-32-18-11-13(3-6-16(18)26)4-7-20(28)34-12-19-21(29)22(30)23(31)24(35-19)33-9-8-14-2-5-15(25)17(27)10-14/h2-7,10-11,19,21-27,29-31H,8-9,12H2,1H3/t19-,21-,22+,23-,24-/m1/s1. The van der Waals surface area contributed by atoms with Gasteiger partial charge in [0.2, 0.25) is 0 Å². The largest absolute Gasteiger partial charge is 0.504 e. The number of hydrogen-bond acceptors (Lipinski definition) is 11. The fourth-order valence-corrected chi connectivity index (χ4v) is 3.38. The van der Waals surface area contributed by atoms with Crippen molar-refractivity contribution < 1.29 is 54.4 Å². The number of phenols is 3. The molecule has 1 fully saturated rings. The van der Waals surface area contributed by atoms with Gasteiger partial charge in [-0.2, -0.15) is 0 Å². The molecule has 0 amide bonds. The summed E-state index contributed by atoms with van der Waals surface area (Å²) in [6.45, 7) is -0.390. The van der Waals surface area contributed by atoms with Gasteiger partial charge in [-0.25, -0.2) is 4.79 Å². The molecule has 3 rings (SSSR count). The van der Waals surface area contributed by atoms with Gasteiger partial charge in [0.15, 0.2) is 29.3 Å². The van der Waals surface area contributed by atoms with Gasteiger partial charge in [0.05, 0.1) is 13.7 Å². The second kappa shape index (κ2) is 11.9. The number of esters is 1. The number of hydrogen-bond donors (Lipinski definition) is 6. The van der Waals surface area contributed by atoms with Crippen LogP contribution in [0, 0.1) is 0 Å². The highest BCUT2D eigenvalue weighted by Crippen LogP contribution is 2.27. The molecule has 0 aromatic heterocycles. The maximum atomic E-state index is 12.1. The summed E-state index contributed by atoms with van der Waals surface area (Å²) in [5, 5.41) is 59.1. The first-order valence-corrected chi connectivity index (χ1v) is 10.7. The van der Waals surface area contributed by atoms with E-state index in [1.165, 1.54) is 37.5 Å². The van der Waals surface area contributed by atoms with Gasteiger partial charge in [0.25, 0.3) is 0 Å². The van der Waals surface area contributed by atoms with Crippen molar-refractivity contribution in [3.8, 4) is 23.0 Å². The van der Waals surface area contributed by atoms with Crippen LogP contribution >= 0.6 is 0 Å². The number of carbonyl (C=O) groups is 1. The fourth-order valence-electron chi connectivity index (χ4n) is 3.38. The summed E-state index contributed by atoms with van der Waals surface area (Å²) >= 11 is 0. The Labute approximate surface area is 201 Å². The molecule has 0 saturated carbocycles. The molecule has 1 aliphatic rings. The third-order valence-corrected chi connectivity index (χ3v) is 5.39. The van der Waals surface area contributed by atoms with Gasteiger partial charge in [0, 0.05) is 6.08 Å². The molecule has 2 aromatic carbocycles. The van der Waals surface area contributed by atoms with Gasteiger partial charge in [-0.1, -0.05) is 12.1 Å². The van der Waals surface area contributed by atoms with Crippen LogP contribution in [-0.2, 0) is 25.4 Å². The van der Waals surface area contributed by atoms with Crippen LogP contribution in [0.4, 0.5) is 0 Å². The SMILES string of the molecule is COc1cc(C=CC(=O)OC[C@H]2O[C@@H](OCCc3ccc(O)c(O)c3)[C@H](O)[C@@H](O)[C@@H]2O)ccc1O. The summed E-state index contributed by atoms with van der Waals surface area (Å²) < 4.78 is 21.1. The number of methoxy groups -OCH3 is 1. The van der Waals surface area contributed by atoms with E-state index < -0.39 is 43.3 Å². The molecule has 5 atom stereocenters. The van der Waals surface area contributed by atoms with Crippen molar-refractivity contribution in [2.75, 3.05) is 20.3 Å². The van der Waals surface area contributed by atoms with Crippen molar-refractivity contribution in [2.45, 2.75) is 37.1 Å². The van der Waals surface area contributed by atoms with E-state index in [4.69, 9.17) is 18.9 Å². The summed E-state index contributed by atoms with van der Waals surface area (Å²) in [5.74, 6) is -1.10. The van der Waals surface area contributed by atoms with E-state index in [0.29, 0.717) is 17.5 Å². The average molecular weight is 492 g/mol. The molecule has 1 heterocycles. The summed E-state index contributed by atoms with van der Waals surface area (Å²) in [6.07, 6.45) is -4.28. The van der Waals surface area contributed by atoms with Gasteiger partial charge < -0.3 is 49.6 Å². The third kappa shape index (κ3) is 6.84. The number of aromatic hydroxyl groups is 3. The first-order chi connectivity index (χ1) is 16.7. The van der Waals surface area contributed by atoms with Crippen molar-refractivity contribution in [1.29, 1.82) is 0 Å². The van der Waals surface area contributed by atoms with Gasteiger partial charge in [-0.15, -0.1) is 0 Å². The van der Waals surface area contributed by atoms with Crippen LogP contribution in [0.2, 0.25) is 0 Å². The number of carbonyl (C=O) groups excluding carboxylic acids is 1. The summed E-state index contributed by atoms with van der Waals surface area (Å²) in [4.78, 5) is 12.1. The average Bonchev–Trinajstić information content (AvgIpc) is 2.84. The number of aliphatic hydroxyl groups excluding tert-OH is 3. The third-order valence-electron chi connectivity index (χ3n) is 5.39. The molecule has 1 aliphatic heterocycles. The van der Waals surface area contributed by atoms with Gasteiger partial charge in [0.1, 0.15) is 31.0 Å². The molecule has 11 nitrogen and oxygen atoms in total. The van der Waals surface area contributed by atoms with Crippen LogP contribution in [0.25, 0.3) is 6.08 Å². The molecule has 0 bridgehead atoms. The number of aliphatic hydroxyl groups is 3. The molecule has 0 radical (unpaired) electrons. The topological polar surface area (TPSA) is 175 Å². The van der Waals surface area contributed by atoms with Gasteiger partial charge in [-0.3, -0.25) is 0 Å². The van der Waals surface area contributed by atoms with Crippen molar-refractivity contribution in [3.63, 3.8) is 0 Å². The summed E-state index contributed by atoms with van der Waals surface area (Å²) in [7, 11) is 1.40. The van der Waals surface area contributed by atoms with Crippen LogP contribution in [0.1, 0.15) is 11.1 Å². The molecule has 6 N–H and O–H groups in total. The minimum atomic E-state index is -1.60. The van der Waals surface area contributed by atoms with Crippen LogP contribution in [0.5, 0.6) is 23.0 Å².